The lowest BCUT2D eigenvalue weighted by Gasteiger charge is -2.36. The minimum atomic E-state index is -0.184. The number of carbonyl (C=O) groups excluding carboxylic acids is 2. The monoisotopic (exact) mass is 460 g/mol. The van der Waals surface area contributed by atoms with Gasteiger partial charge in [0.2, 0.25) is 5.91 Å². The van der Waals surface area contributed by atoms with Crippen LogP contribution in [-0.2, 0) is 11.2 Å². The van der Waals surface area contributed by atoms with Gasteiger partial charge in [0.25, 0.3) is 5.91 Å². The van der Waals surface area contributed by atoms with Crippen LogP contribution in [0, 0.1) is 6.92 Å². The predicted molar refractivity (Wildman–Crippen MR) is 123 cm³/mol. The Labute approximate surface area is 188 Å². The summed E-state index contributed by atoms with van der Waals surface area (Å²) in [5, 5.41) is 9.49. The van der Waals surface area contributed by atoms with E-state index in [1.54, 1.807) is 11.4 Å². The Kier molecular flexibility index (Phi) is 6.36. The number of anilines is 2. The first-order valence-electron chi connectivity index (χ1n) is 9.56. The summed E-state index contributed by atoms with van der Waals surface area (Å²) in [5.74, 6) is -0.130. The van der Waals surface area contributed by atoms with E-state index in [2.05, 4.69) is 22.1 Å². The number of piperazine rings is 1. The van der Waals surface area contributed by atoms with Crippen LogP contribution in [0.3, 0.4) is 0 Å². The van der Waals surface area contributed by atoms with Crippen molar-refractivity contribution in [2.24, 2.45) is 0 Å². The summed E-state index contributed by atoms with van der Waals surface area (Å²) in [7, 11) is 0. The third-order valence-corrected chi connectivity index (χ3v) is 6.76. The van der Waals surface area contributed by atoms with Crippen molar-refractivity contribution in [1.82, 2.24) is 9.88 Å². The number of benzene rings is 1. The minimum Gasteiger partial charge on any atom is -0.368 e. The van der Waals surface area contributed by atoms with E-state index in [1.165, 1.54) is 28.2 Å². The molecular formula is C21H21ClN4O2S2. The van der Waals surface area contributed by atoms with E-state index >= 15 is 0 Å². The second-order valence-corrected chi connectivity index (χ2v) is 9.16. The molecule has 1 N–H and O–H groups in total. The zero-order chi connectivity index (χ0) is 21.1. The van der Waals surface area contributed by atoms with Crippen molar-refractivity contribution >= 4 is 56.9 Å². The first-order chi connectivity index (χ1) is 14.5. The number of nitrogens with one attached hydrogen (secondary N) is 1. The largest absolute Gasteiger partial charge is 0.368 e. The van der Waals surface area contributed by atoms with E-state index < -0.39 is 0 Å². The SMILES string of the molecule is Cc1ccc(Cl)cc1N1CCN(C(=O)Cc2csc(NC(=O)c3ccsc3)n2)CC1. The molecule has 1 aliphatic rings. The third-order valence-electron chi connectivity index (χ3n) is 5.03. The molecular weight excluding hydrogens is 440 g/mol. The highest BCUT2D eigenvalue weighted by atomic mass is 35.5. The number of carbonyl (C=O) groups is 2. The number of thiophene rings is 1. The minimum absolute atomic E-state index is 0.0541. The van der Waals surface area contributed by atoms with E-state index in [0.717, 1.165) is 23.8 Å². The molecule has 1 saturated heterocycles. The van der Waals surface area contributed by atoms with Crippen LogP contribution in [0.5, 0.6) is 0 Å². The Hall–Kier alpha value is -2.42. The van der Waals surface area contributed by atoms with Crippen LogP contribution in [0.4, 0.5) is 10.8 Å². The predicted octanol–water partition coefficient (Wildman–Crippen LogP) is 4.31. The second kappa shape index (κ2) is 9.16. The van der Waals surface area contributed by atoms with E-state index in [4.69, 9.17) is 11.6 Å². The number of amides is 2. The highest BCUT2D eigenvalue weighted by Crippen LogP contribution is 2.25. The molecule has 30 heavy (non-hydrogen) atoms. The number of halogens is 1. The lowest BCUT2D eigenvalue weighted by atomic mass is 10.1. The van der Waals surface area contributed by atoms with E-state index in [0.29, 0.717) is 29.5 Å². The van der Waals surface area contributed by atoms with Gasteiger partial charge < -0.3 is 9.80 Å². The van der Waals surface area contributed by atoms with Crippen LogP contribution < -0.4 is 10.2 Å². The number of hydrogen-bond acceptors (Lipinski definition) is 6. The maximum atomic E-state index is 12.7. The van der Waals surface area contributed by atoms with Crippen LogP contribution in [0.1, 0.15) is 21.6 Å². The summed E-state index contributed by atoms with van der Waals surface area (Å²) in [6.45, 7) is 4.94. The Morgan fingerprint density at radius 1 is 1.17 bits per heavy atom. The van der Waals surface area contributed by atoms with E-state index in [9.17, 15) is 9.59 Å². The third kappa shape index (κ3) is 4.83. The molecule has 156 valence electrons. The van der Waals surface area contributed by atoms with Gasteiger partial charge in [-0.15, -0.1) is 11.3 Å². The molecule has 6 nitrogen and oxygen atoms in total. The standard InChI is InChI=1S/C21H21ClN4O2S2/c1-14-2-3-16(22)10-18(14)25-5-7-26(8-6-25)19(27)11-17-13-30-21(23-17)24-20(28)15-4-9-29-12-15/h2-4,9-10,12-13H,5-8,11H2,1H3,(H,23,24,28). The Balaban J connectivity index is 1.30. The number of aryl methyl sites for hydroxylation is 1. The quantitative estimate of drug-likeness (QED) is 0.616. The van der Waals surface area contributed by atoms with Gasteiger partial charge in [0, 0.05) is 47.6 Å². The van der Waals surface area contributed by atoms with Gasteiger partial charge in [-0.3, -0.25) is 14.9 Å². The summed E-state index contributed by atoms with van der Waals surface area (Å²) in [6, 6.07) is 7.66. The first kappa shape index (κ1) is 20.8. The lowest BCUT2D eigenvalue weighted by Crippen LogP contribution is -2.49. The second-order valence-electron chi connectivity index (χ2n) is 7.09. The Morgan fingerprint density at radius 3 is 2.70 bits per heavy atom. The lowest BCUT2D eigenvalue weighted by molar-refractivity contribution is -0.130. The smallest absolute Gasteiger partial charge is 0.258 e. The molecule has 4 rings (SSSR count). The van der Waals surface area contributed by atoms with Gasteiger partial charge in [0.1, 0.15) is 0 Å². The number of rotatable bonds is 5. The molecule has 0 saturated carbocycles. The summed E-state index contributed by atoms with van der Waals surface area (Å²) >= 11 is 8.95. The summed E-state index contributed by atoms with van der Waals surface area (Å²) < 4.78 is 0. The molecule has 0 unspecified atom stereocenters. The molecule has 0 radical (unpaired) electrons. The van der Waals surface area contributed by atoms with E-state index in [1.807, 2.05) is 33.9 Å². The van der Waals surface area contributed by atoms with Crippen LogP contribution in [0.15, 0.2) is 40.4 Å². The van der Waals surface area contributed by atoms with Gasteiger partial charge in [-0.25, -0.2) is 4.98 Å². The van der Waals surface area contributed by atoms with Crippen molar-refractivity contribution in [2.45, 2.75) is 13.3 Å². The fourth-order valence-electron chi connectivity index (χ4n) is 3.40. The zero-order valence-corrected chi connectivity index (χ0v) is 18.8. The van der Waals surface area contributed by atoms with Crippen LogP contribution in [0.25, 0.3) is 0 Å². The normalized spacial score (nSPS) is 14.1. The summed E-state index contributed by atoms with van der Waals surface area (Å²) in [5.41, 5.74) is 3.60. The molecule has 0 bridgehead atoms. The van der Waals surface area contributed by atoms with Crippen molar-refractivity contribution in [3.05, 3.63) is 62.2 Å². The van der Waals surface area contributed by atoms with Crippen molar-refractivity contribution in [3.63, 3.8) is 0 Å². The van der Waals surface area contributed by atoms with Crippen LogP contribution in [0.2, 0.25) is 5.02 Å². The molecule has 3 heterocycles. The van der Waals surface area contributed by atoms with E-state index in [-0.39, 0.29) is 18.2 Å². The average Bonchev–Trinajstić information content (AvgIpc) is 3.42. The molecule has 1 aliphatic heterocycles. The fraction of sp³-hybridized carbons (Fsp3) is 0.286. The molecule has 1 aromatic carbocycles. The highest BCUT2D eigenvalue weighted by molar-refractivity contribution is 7.14. The van der Waals surface area contributed by atoms with Gasteiger partial charge in [-0.05, 0) is 36.1 Å². The van der Waals surface area contributed by atoms with Gasteiger partial charge in [0.15, 0.2) is 5.13 Å². The molecule has 0 aliphatic carbocycles. The maximum Gasteiger partial charge on any atom is 0.258 e. The highest BCUT2D eigenvalue weighted by Gasteiger charge is 2.23. The number of nitrogens with zero attached hydrogens (tertiary/aromatic N) is 3. The molecule has 1 fully saturated rings. The average molecular weight is 461 g/mol. The molecule has 0 atom stereocenters. The molecule has 2 amide bonds. The van der Waals surface area contributed by atoms with Crippen molar-refractivity contribution in [3.8, 4) is 0 Å². The van der Waals surface area contributed by atoms with Gasteiger partial charge >= 0.3 is 0 Å². The first-order valence-corrected chi connectivity index (χ1v) is 11.8. The van der Waals surface area contributed by atoms with Crippen molar-refractivity contribution in [1.29, 1.82) is 0 Å². The fourth-order valence-corrected chi connectivity index (χ4v) is 4.90. The van der Waals surface area contributed by atoms with Crippen LogP contribution >= 0.6 is 34.3 Å². The number of thiazole rings is 1. The summed E-state index contributed by atoms with van der Waals surface area (Å²) in [4.78, 5) is 33.4. The van der Waals surface area contributed by atoms with Gasteiger partial charge in [-0.1, -0.05) is 17.7 Å². The maximum absolute atomic E-state index is 12.7. The molecule has 0 spiro atoms. The zero-order valence-electron chi connectivity index (χ0n) is 16.4. The topological polar surface area (TPSA) is 65.5 Å². The number of hydrogen-bond donors (Lipinski definition) is 1. The van der Waals surface area contributed by atoms with Crippen molar-refractivity contribution in [2.75, 3.05) is 36.4 Å². The molecule has 9 heteroatoms. The van der Waals surface area contributed by atoms with Crippen molar-refractivity contribution < 1.29 is 9.59 Å². The summed E-state index contributed by atoms with van der Waals surface area (Å²) in [6.07, 6.45) is 0.237. The van der Waals surface area contributed by atoms with Gasteiger partial charge in [0.05, 0.1) is 17.7 Å². The molecule has 2 aromatic heterocycles. The molecule has 3 aromatic rings. The Morgan fingerprint density at radius 2 is 1.97 bits per heavy atom. The van der Waals surface area contributed by atoms with Crippen LogP contribution in [-0.4, -0.2) is 47.9 Å². The van der Waals surface area contributed by atoms with Gasteiger partial charge in [-0.2, -0.15) is 11.3 Å². The Bertz CT molecular complexity index is 1040. The number of aromatic nitrogens is 1.